The number of hydrogen-bond acceptors (Lipinski definition) is 6. The first-order chi connectivity index (χ1) is 13.0. The van der Waals surface area contributed by atoms with Gasteiger partial charge >= 0.3 is 5.88 Å². The van der Waals surface area contributed by atoms with Gasteiger partial charge in [0.2, 0.25) is 5.89 Å². The van der Waals surface area contributed by atoms with Crippen LogP contribution in [0.1, 0.15) is 10.6 Å². The zero-order valence-corrected chi connectivity index (χ0v) is 15.7. The van der Waals surface area contributed by atoms with Crippen molar-refractivity contribution in [1.29, 1.82) is 0 Å². The number of nitro groups is 1. The second-order valence-electron chi connectivity index (χ2n) is 5.56. The number of carbonyl (C=O) groups excluding carboxylic acids is 1. The van der Waals surface area contributed by atoms with Crippen LogP contribution in [0.25, 0.3) is 22.6 Å². The standard InChI is InChI=1S/C18H10IN3O5/c19-11-3-1-10(2-4-11)18-21-13-9-12(5-6-14(13)27-18)20-17(23)15-7-8-16(26-15)22(24)25/h1-9H,(H,20,23). The van der Waals surface area contributed by atoms with Crippen LogP contribution in [0.3, 0.4) is 0 Å². The lowest BCUT2D eigenvalue weighted by molar-refractivity contribution is -0.402. The molecule has 0 fully saturated rings. The maximum absolute atomic E-state index is 12.2. The van der Waals surface area contributed by atoms with E-state index in [0.29, 0.717) is 22.7 Å². The van der Waals surface area contributed by atoms with E-state index >= 15 is 0 Å². The third kappa shape index (κ3) is 3.53. The Bertz CT molecular complexity index is 1160. The fraction of sp³-hybridized carbons (Fsp3) is 0. The van der Waals surface area contributed by atoms with E-state index in [0.717, 1.165) is 15.2 Å². The Morgan fingerprint density at radius 2 is 1.85 bits per heavy atom. The molecule has 27 heavy (non-hydrogen) atoms. The van der Waals surface area contributed by atoms with Crippen molar-refractivity contribution in [3.05, 3.63) is 74.0 Å². The van der Waals surface area contributed by atoms with Crippen molar-refractivity contribution < 1.29 is 18.6 Å². The Hall–Kier alpha value is -3.21. The van der Waals surface area contributed by atoms with Gasteiger partial charge in [-0.1, -0.05) is 0 Å². The highest BCUT2D eigenvalue weighted by Crippen LogP contribution is 2.27. The summed E-state index contributed by atoms with van der Waals surface area (Å²) in [5, 5.41) is 13.3. The van der Waals surface area contributed by atoms with Crippen molar-refractivity contribution in [2.45, 2.75) is 0 Å². The number of amides is 1. The molecule has 0 radical (unpaired) electrons. The number of nitrogens with zero attached hydrogens (tertiary/aromatic N) is 2. The molecule has 8 nitrogen and oxygen atoms in total. The first-order valence-corrected chi connectivity index (χ1v) is 8.79. The van der Waals surface area contributed by atoms with E-state index in [-0.39, 0.29) is 5.76 Å². The van der Waals surface area contributed by atoms with E-state index < -0.39 is 16.7 Å². The molecular weight excluding hydrogens is 465 g/mol. The van der Waals surface area contributed by atoms with Crippen LogP contribution in [0.5, 0.6) is 0 Å². The maximum atomic E-state index is 12.2. The summed E-state index contributed by atoms with van der Waals surface area (Å²) in [6, 6.07) is 15.1. The van der Waals surface area contributed by atoms with E-state index in [2.05, 4.69) is 32.9 Å². The average molecular weight is 475 g/mol. The van der Waals surface area contributed by atoms with Gasteiger partial charge in [-0.3, -0.25) is 14.9 Å². The molecule has 0 saturated carbocycles. The minimum absolute atomic E-state index is 0.151. The van der Waals surface area contributed by atoms with Gasteiger partial charge in [-0.05, 0) is 71.1 Å². The molecular formula is C18H10IN3O5. The minimum atomic E-state index is -0.704. The number of benzene rings is 2. The molecule has 2 aromatic carbocycles. The van der Waals surface area contributed by atoms with Gasteiger partial charge in [0.25, 0.3) is 5.91 Å². The van der Waals surface area contributed by atoms with Crippen molar-refractivity contribution in [3.63, 3.8) is 0 Å². The molecule has 0 atom stereocenters. The predicted molar refractivity (Wildman–Crippen MR) is 105 cm³/mol. The van der Waals surface area contributed by atoms with Crippen molar-refractivity contribution in [1.82, 2.24) is 4.98 Å². The first-order valence-electron chi connectivity index (χ1n) is 7.72. The van der Waals surface area contributed by atoms with Gasteiger partial charge in [0.1, 0.15) is 10.4 Å². The monoisotopic (exact) mass is 475 g/mol. The number of nitrogens with one attached hydrogen (secondary N) is 1. The Morgan fingerprint density at radius 1 is 1.07 bits per heavy atom. The number of furan rings is 1. The topological polar surface area (TPSA) is 111 Å². The third-order valence-electron chi connectivity index (χ3n) is 3.73. The molecule has 0 aliphatic rings. The quantitative estimate of drug-likeness (QED) is 0.257. The normalized spacial score (nSPS) is 10.9. The van der Waals surface area contributed by atoms with Gasteiger partial charge in [-0.25, -0.2) is 4.98 Å². The summed E-state index contributed by atoms with van der Waals surface area (Å²) in [5.41, 5.74) is 2.47. The van der Waals surface area contributed by atoms with Crippen LogP contribution in [0.4, 0.5) is 11.6 Å². The van der Waals surface area contributed by atoms with E-state index in [9.17, 15) is 14.9 Å². The van der Waals surface area contributed by atoms with E-state index in [1.807, 2.05) is 24.3 Å². The molecule has 0 unspecified atom stereocenters. The van der Waals surface area contributed by atoms with Gasteiger partial charge in [-0.15, -0.1) is 0 Å². The number of aromatic nitrogens is 1. The molecule has 0 spiro atoms. The molecule has 0 aliphatic carbocycles. The lowest BCUT2D eigenvalue weighted by Gasteiger charge is -2.01. The molecule has 0 aliphatic heterocycles. The summed E-state index contributed by atoms with van der Waals surface area (Å²) in [4.78, 5) is 26.6. The van der Waals surface area contributed by atoms with Gasteiger partial charge in [0, 0.05) is 14.8 Å². The molecule has 1 N–H and O–H groups in total. The number of carbonyl (C=O) groups is 1. The van der Waals surface area contributed by atoms with Gasteiger partial charge < -0.3 is 14.2 Å². The number of hydrogen-bond donors (Lipinski definition) is 1. The van der Waals surface area contributed by atoms with Crippen LogP contribution in [0, 0.1) is 13.7 Å². The SMILES string of the molecule is O=C(Nc1ccc2oc(-c3ccc(I)cc3)nc2c1)c1ccc([N+](=O)[O-])o1. The fourth-order valence-corrected chi connectivity index (χ4v) is 2.82. The number of rotatable bonds is 4. The average Bonchev–Trinajstić information content (AvgIpc) is 3.29. The molecule has 2 heterocycles. The number of fused-ring (bicyclic) bond motifs is 1. The zero-order valence-electron chi connectivity index (χ0n) is 13.5. The van der Waals surface area contributed by atoms with Crippen molar-refractivity contribution >= 4 is 51.2 Å². The van der Waals surface area contributed by atoms with E-state index in [4.69, 9.17) is 8.83 Å². The molecule has 2 aromatic heterocycles. The van der Waals surface area contributed by atoms with Crippen molar-refractivity contribution in [3.8, 4) is 11.5 Å². The highest BCUT2D eigenvalue weighted by atomic mass is 127. The second-order valence-corrected chi connectivity index (χ2v) is 6.80. The predicted octanol–water partition coefficient (Wildman–Crippen LogP) is 4.85. The van der Waals surface area contributed by atoms with Crippen molar-refractivity contribution in [2.75, 3.05) is 5.32 Å². The summed E-state index contributed by atoms with van der Waals surface area (Å²) in [6.45, 7) is 0. The second kappa shape index (κ2) is 6.83. The van der Waals surface area contributed by atoms with Crippen LogP contribution < -0.4 is 5.32 Å². The lowest BCUT2D eigenvalue weighted by atomic mass is 10.2. The Labute approximate surface area is 165 Å². The van der Waals surface area contributed by atoms with Crippen LogP contribution in [0.2, 0.25) is 0 Å². The van der Waals surface area contributed by atoms with Crippen LogP contribution >= 0.6 is 22.6 Å². The smallest absolute Gasteiger partial charge is 0.433 e. The van der Waals surface area contributed by atoms with Crippen molar-refractivity contribution in [2.24, 2.45) is 0 Å². The summed E-state index contributed by atoms with van der Waals surface area (Å²) >= 11 is 2.22. The molecule has 1 amide bonds. The van der Waals surface area contributed by atoms with Gasteiger partial charge in [-0.2, -0.15) is 0 Å². The van der Waals surface area contributed by atoms with Gasteiger partial charge in [0.15, 0.2) is 11.3 Å². The van der Waals surface area contributed by atoms with E-state index in [1.54, 1.807) is 18.2 Å². The highest BCUT2D eigenvalue weighted by molar-refractivity contribution is 14.1. The summed E-state index contributed by atoms with van der Waals surface area (Å²) in [6.07, 6.45) is 0. The first kappa shape index (κ1) is 17.2. The molecule has 0 bridgehead atoms. The van der Waals surface area contributed by atoms with E-state index in [1.165, 1.54) is 6.07 Å². The van der Waals surface area contributed by atoms with Gasteiger partial charge in [0.05, 0.1) is 6.07 Å². The Morgan fingerprint density at radius 3 is 2.56 bits per heavy atom. The van der Waals surface area contributed by atoms with Crippen LogP contribution in [0.15, 0.2) is 63.4 Å². The highest BCUT2D eigenvalue weighted by Gasteiger charge is 2.18. The number of halogens is 1. The number of anilines is 1. The summed E-state index contributed by atoms with van der Waals surface area (Å²) in [5.74, 6) is -0.758. The maximum Gasteiger partial charge on any atom is 0.433 e. The zero-order chi connectivity index (χ0) is 19.0. The molecule has 4 aromatic rings. The third-order valence-corrected chi connectivity index (χ3v) is 4.45. The molecule has 134 valence electrons. The van der Waals surface area contributed by atoms with Crippen LogP contribution in [-0.2, 0) is 0 Å². The minimum Gasteiger partial charge on any atom is -0.436 e. The molecule has 0 saturated heterocycles. The Kier molecular flexibility index (Phi) is 4.36. The number of oxazole rings is 1. The Balaban J connectivity index is 1.58. The summed E-state index contributed by atoms with van der Waals surface area (Å²) in [7, 11) is 0. The largest absolute Gasteiger partial charge is 0.436 e. The lowest BCUT2D eigenvalue weighted by Crippen LogP contribution is -2.10. The van der Waals surface area contributed by atoms with Crippen LogP contribution in [-0.4, -0.2) is 15.8 Å². The fourth-order valence-electron chi connectivity index (χ4n) is 2.46. The molecule has 4 rings (SSSR count). The summed E-state index contributed by atoms with van der Waals surface area (Å²) < 4.78 is 11.7. The molecule has 9 heteroatoms.